The van der Waals surface area contributed by atoms with Crippen molar-refractivity contribution in [3.8, 4) is 11.5 Å². The SMILES string of the molecule is COc1ccc(COC[C@H](C)N2C[C@@H](C)[C@H](CN(C)C(=O)OC(C)(C)C)OCCCCCCCCCOc3ccc(N)cc3C2=O)cc1. The van der Waals surface area contributed by atoms with Gasteiger partial charge in [-0.05, 0) is 76.4 Å². The summed E-state index contributed by atoms with van der Waals surface area (Å²) in [5.74, 6) is 0.985. The molecule has 0 aliphatic carbocycles. The van der Waals surface area contributed by atoms with Crippen molar-refractivity contribution in [3.63, 3.8) is 0 Å². The number of fused-ring (bicyclic) bond motifs is 1. The van der Waals surface area contributed by atoms with Gasteiger partial charge in [0.25, 0.3) is 5.91 Å². The van der Waals surface area contributed by atoms with Crippen molar-refractivity contribution in [2.45, 2.75) is 104 Å². The first-order valence-corrected chi connectivity index (χ1v) is 17.5. The molecule has 3 rings (SSSR count). The Morgan fingerprint density at radius 1 is 1.02 bits per heavy atom. The van der Waals surface area contributed by atoms with Crippen molar-refractivity contribution < 1.29 is 33.3 Å². The lowest BCUT2D eigenvalue weighted by Crippen LogP contribution is -2.48. The van der Waals surface area contributed by atoms with Crippen LogP contribution in [0.5, 0.6) is 11.5 Å². The van der Waals surface area contributed by atoms with E-state index in [9.17, 15) is 9.59 Å². The molecule has 0 fully saturated rings. The van der Waals surface area contributed by atoms with Gasteiger partial charge >= 0.3 is 6.09 Å². The topological polar surface area (TPSA) is 113 Å². The maximum absolute atomic E-state index is 14.5. The summed E-state index contributed by atoms with van der Waals surface area (Å²) in [6, 6.07) is 12.7. The zero-order valence-electron chi connectivity index (χ0n) is 30.3. The van der Waals surface area contributed by atoms with Gasteiger partial charge in [0.15, 0.2) is 0 Å². The summed E-state index contributed by atoms with van der Waals surface area (Å²) >= 11 is 0. The van der Waals surface area contributed by atoms with Gasteiger partial charge in [0.1, 0.15) is 17.1 Å². The van der Waals surface area contributed by atoms with E-state index in [0.29, 0.717) is 56.5 Å². The van der Waals surface area contributed by atoms with E-state index >= 15 is 0 Å². The third kappa shape index (κ3) is 13.2. The van der Waals surface area contributed by atoms with E-state index in [4.69, 9.17) is 29.4 Å². The van der Waals surface area contributed by atoms with E-state index in [1.807, 2.05) is 56.9 Å². The molecule has 2 amide bonds. The number of likely N-dealkylation sites (N-methyl/N-ethyl adjacent to an activating group) is 1. The van der Waals surface area contributed by atoms with Crippen LogP contribution in [-0.2, 0) is 20.8 Å². The summed E-state index contributed by atoms with van der Waals surface area (Å²) in [7, 11) is 3.37. The zero-order chi connectivity index (χ0) is 35.1. The quantitative estimate of drug-likeness (QED) is 0.291. The van der Waals surface area contributed by atoms with Crippen LogP contribution < -0.4 is 15.2 Å². The number of carbonyl (C=O) groups is 2. The Hall–Kier alpha value is -3.50. The number of methoxy groups -OCH3 is 1. The third-order valence-corrected chi connectivity index (χ3v) is 8.47. The van der Waals surface area contributed by atoms with E-state index in [-0.39, 0.29) is 24.0 Å². The van der Waals surface area contributed by atoms with Crippen molar-refractivity contribution in [1.29, 1.82) is 0 Å². The third-order valence-electron chi connectivity index (χ3n) is 8.47. The van der Waals surface area contributed by atoms with E-state index in [1.165, 1.54) is 6.42 Å². The summed E-state index contributed by atoms with van der Waals surface area (Å²) in [5, 5.41) is 0. The predicted molar refractivity (Wildman–Crippen MR) is 190 cm³/mol. The predicted octanol–water partition coefficient (Wildman–Crippen LogP) is 7.34. The molecular weight excluding hydrogens is 610 g/mol. The molecule has 0 unspecified atom stereocenters. The molecule has 0 saturated carbocycles. The smallest absolute Gasteiger partial charge is 0.410 e. The normalized spacial score (nSPS) is 19.6. The number of nitrogen functional groups attached to an aromatic ring is 1. The molecule has 0 saturated heterocycles. The van der Waals surface area contributed by atoms with Crippen molar-refractivity contribution in [2.75, 3.05) is 52.8 Å². The molecule has 10 heteroatoms. The maximum atomic E-state index is 14.5. The second-order valence-electron chi connectivity index (χ2n) is 14.0. The second-order valence-corrected chi connectivity index (χ2v) is 14.0. The van der Waals surface area contributed by atoms with Gasteiger partial charge in [-0.2, -0.15) is 0 Å². The number of hydrogen-bond donors (Lipinski definition) is 1. The van der Waals surface area contributed by atoms with Crippen LogP contribution in [0, 0.1) is 5.92 Å². The number of benzene rings is 2. The number of hydrogen-bond acceptors (Lipinski definition) is 8. The average molecular weight is 670 g/mol. The molecule has 2 aromatic carbocycles. The van der Waals surface area contributed by atoms with Gasteiger partial charge in [-0.25, -0.2) is 4.79 Å². The van der Waals surface area contributed by atoms with E-state index < -0.39 is 11.7 Å². The molecule has 2 aromatic rings. The Kier molecular flexibility index (Phi) is 15.8. The van der Waals surface area contributed by atoms with Gasteiger partial charge in [0.2, 0.25) is 0 Å². The van der Waals surface area contributed by atoms with Crippen LogP contribution >= 0.6 is 0 Å². The highest BCUT2D eigenvalue weighted by Gasteiger charge is 2.31. The maximum Gasteiger partial charge on any atom is 0.410 e. The summed E-state index contributed by atoms with van der Waals surface area (Å²) in [4.78, 5) is 30.8. The molecule has 3 atom stereocenters. The lowest BCUT2D eigenvalue weighted by Gasteiger charge is -2.36. The van der Waals surface area contributed by atoms with Crippen LogP contribution in [0.3, 0.4) is 0 Å². The van der Waals surface area contributed by atoms with Crippen molar-refractivity contribution >= 4 is 17.7 Å². The first kappa shape index (κ1) is 38.9. The van der Waals surface area contributed by atoms with Gasteiger partial charge in [0.05, 0.1) is 51.2 Å². The Morgan fingerprint density at radius 2 is 1.67 bits per heavy atom. The minimum Gasteiger partial charge on any atom is -0.497 e. The van der Waals surface area contributed by atoms with Crippen LogP contribution in [-0.4, -0.2) is 86.6 Å². The zero-order valence-corrected chi connectivity index (χ0v) is 30.3. The highest BCUT2D eigenvalue weighted by atomic mass is 16.6. The summed E-state index contributed by atoms with van der Waals surface area (Å²) in [6.07, 6.45) is 6.73. The molecule has 1 heterocycles. The van der Waals surface area contributed by atoms with E-state index in [1.54, 1.807) is 37.3 Å². The standard InChI is InChI=1S/C38H59N3O7/c1-28-24-41(29(2)26-45-27-30-15-18-32(44-7)19-16-30)36(42)33-23-31(39)17-20-34(33)46-21-13-11-9-8-10-12-14-22-47-35(28)25-40(6)37(43)48-38(3,4)5/h15-20,23,28-29,35H,8-14,21-22,24-27,39H2,1-7H3/t28-,29+,35+/m1/s1. The number of nitrogens with zero attached hydrogens (tertiary/aromatic N) is 2. The largest absolute Gasteiger partial charge is 0.497 e. The fourth-order valence-electron chi connectivity index (χ4n) is 5.63. The fourth-order valence-corrected chi connectivity index (χ4v) is 5.63. The molecule has 0 bridgehead atoms. The van der Waals surface area contributed by atoms with Gasteiger partial charge in [-0.1, -0.05) is 51.2 Å². The first-order valence-electron chi connectivity index (χ1n) is 17.5. The number of amides is 2. The molecular formula is C38H59N3O7. The molecule has 1 aliphatic heterocycles. The highest BCUT2D eigenvalue weighted by Crippen LogP contribution is 2.27. The van der Waals surface area contributed by atoms with Crippen LogP contribution in [0.25, 0.3) is 0 Å². The number of ether oxygens (including phenoxy) is 5. The minimum absolute atomic E-state index is 0.132. The molecule has 0 spiro atoms. The van der Waals surface area contributed by atoms with Crippen molar-refractivity contribution in [1.82, 2.24) is 9.80 Å². The lowest BCUT2D eigenvalue weighted by molar-refractivity contribution is -0.0264. The van der Waals surface area contributed by atoms with Crippen LogP contribution in [0.2, 0.25) is 0 Å². The van der Waals surface area contributed by atoms with Gasteiger partial charge in [-0.15, -0.1) is 0 Å². The second kappa shape index (κ2) is 19.5. The molecule has 10 nitrogen and oxygen atoms in total. The Morgan fingerprint density at radius 3 is 2.31 bits per heavy atom. The van der Waals surface area contributed by atoms with E-state index in [0.717, 1.165) is 49.8 Å². The Bertz CT molecular complexity index is 1260. The highest BCUT2D eigenvalue weighted by molar-refractivity contribution is 5.98. The van der Waals surface area contributed by atoms with E-state index in [2.05, 4.69) is 6.92 Å². The first-order chi connectivity index (χ1) is 22.9. The summed E-state index contributed by atoms with van der Waals surface area (Å²) < 4.78 is 29.7. The van der Waals surface area contributed by atoms with Crippen molar-refractivity contribution in [3.05, 3.63) is 53.6 Å². The number of rotatable bonds is 8. The van der Waals surface area contributed by atoms with Gasteiger partial charge in [0, 0.05) is 31.8 Å². The molecule has 0 aromatic heterocycles. The molecule has 0 radical (unpaired) electrons. The number of anilines is 1. The molecule has 268 valence electrons. The minimum atomic E-state index is -0.613. The van der Waals surface area contributed by atoms with Crippen molar-refractivity contribution in [2.24, 2.45) is 5.92 Å². The Labute approximate surface area is 288 Å². The average Bonchev–Trinajstić information content (AvgIpc) is 3.04. The summed E-state index contributed by atoms with van der Waals surface area (Å²) in [5.41, 5.74) is 7.52. The number of nitrogens with two attached hydrogens (primary N) is 1. The lowest BCUT2D eigenvalue weighted by atomic mass is 10.0. The molecule has 1 aliphatic rings. The number of carbonyl (C=O) groups excluding carboxylic acids is 2. The van der Waals surface area contributed by atoms with Crippen LogP contribution in [0.15, 0.2) is 42.5 Å². The van der Waals surface area contributed by atoms with Gasteiger partial charge < -0.3 is 39.2 Å². The fraction of sp³-hybridized carbons (Fsp3) is 0.632. The monoisotopic (exact) mass is 669 g/mol. The van der Waals surface area contributed by atoms with Crippen LogP contribution in [0.4, 0.5) is 10.5 Å². The van der Waals surface area contributed by atoms with Gasteiger partial charge in [-0.3, -0.25) is 4.79 Å². The van der Waals surface area contributed by atoms with Crippen LogP contribution in [0.1, 0.15) is 95.5 Å². The Balaban J connectivity index is 1.88. The molecule has 48 heavy (non-hydrogen) atoms. The summed E-state index contributed by atoms with van der Waals surface area (Å²) in [6.45, 7) is 12.1. The molecule has 2 N–H and O–H groups in total.